The quantitative estimate of drug-likeness (QED) is 0.883. The molecule has 1 aromatic rings. The lowest BCUT2D eigenvalue weighted by molar-refractivity contribution is -0.138. The highest BCUT2D eigenvalue weighted by molar-refractivity contribution is 5.67. The van der Waals surface area contributed by atoms with Crippen LogP contribution in [-0.4, -0.2) is 28.6 Å². The van der Waals surface area contributed by atoms with Crippen LogP contribution in [0.2, 0.25) is 0 Å². The van der Waals surface area contributed by atoms with Crippen molar-refractivity contribution in [3.05, 3.63) is 35.4 Å². The maximum atomic E-state index is 10.9. The van der Waals surface area contributed by atoms with Crippen LogP contribution < -0.4 is 0 Å². The van der Waals surface area contributed by atoms with Crippen molar-refractivity contribution in [2.24, 2.45) is 0 Å². The number of nitrogens with zero attached hydrogens (tertiary/aromatic N) is 1. The minimum atomic E-state index is -0.680. The minimum absolute atomic E-state index is 0.223. The number of carboxylic acid groups (broad SMARTS) is 1. The van der Waals surface area contributed by atoms with Crippen molar-refractivity contribution < 1.29 is 9.90 Å². The summed E-state index contributed by atoms with van der Waals surface area (Å²) < 4.78 is 0. The lowest BCUT2D eigenvalue weighted by atomic mass is 10.1. The smallest absolute Gasteiger partial charge is 0.304 e. The Bertz CT molecular complexity index is 450. The van der Waals surface area contributed by atoms with E-state index in [0.29, 0.717) is 0 Å². The topological polar surface area (TPSA) is 40.5 Å². The van der Waals surface area contributed by atoms with Gasteiger partial charge in [-0.05, 0) is 49.3 Å². The summed E-state index contributed by atoms with van der Waals surface area (Å²) in [6.45, 7) is 1.92. The van der Waals surface area contributed by atoms with Gasteiger partial charge < -0.3 is 5.11 Å². The molecule has 1 aliphatic carbocycles. The van der Waals surface area contributed by atoms with Crippen LogP contribution in [0.5, 0.6) is 0 Å². The summed E-state index contributed by atoms with van der Waals surface area (Å²) in [6.07, 6.45) is 5.10. The van der Waals surface area contributed by atoms with E-state index < -0.39 is 5.97 Å². The molecule has 2 fully saturated rings. The number of benzene rings is 1. The van der Waals surface area contributed by atoms with Crippen molar-refractivity contribution in [2.75, 3.05) is 6.54 Å². The van der Waals surface area contributed by atoms with Gasteiger partial charge in [0.15, 0.2) is 0 Å². The van der Waals surface area contributed by atoms with Crippen molar-refractivity contribution in [1.82, 2.24) is 4.90 Å². The number of carboxylic acids is 1. The normalized spacial score (nSPS) is 23.7. The van der Waals surface area contributed by atoms with Gasteiger partial charge in [0, 0.05) is 12.6 Å². The second-order valence-electron chi connectivity index (χ2n) is 5.88. The highest BCUT2D eigenvalue weighted by atomic mass is 16.4. The molecule has 1 atom stereocenters. The van der Waals surface area contributed by atoms with Crippen LogP contribution in [0, 0.1) is 0 Å². The van der Waals surface area contributed by atoms with Gasteiger partial charge in [-0.1, -0.05) is 24.3 Å². The first-order valence-electron chi connectivity index (χ1n) is 7.27. The van der Waals surface area contributed by atoms with Gasteiger partial charge in [0.05, 0.1) is 6.42 Å². The van der Waals surface area contributed by atoms with E-state index in [1.165, 1.54) is 24.0 Å². The van der Waals surface area contributed by atoms with Crippen molar-refractivity contribution in [3.63, 3.8) is 0 Å². The number of hydrogen-bond acceptors (Lipinski definition) is 2. The van der Waals surface area contributed by atoms with E-state index in [-0.39, 0.29) is 12.5 Å². The van der Waals surface area contributed by atoms with Crippen LogP contribution in [0.4, 0.5) is 0 Å². The molecule has 0 spiro atoms. The van der Waals surface area contributed by atoms with E-state index in [9.17, 15) is 4.79 Å². The fraction of sp³-hybridized carbons (Fsp3) is 0.562. The standard InChI is InChI=1S/C16H21NO2/c18-16(19)10-15-2-1-9-17(15)11-12-3-5-13(6-4-12)14-7-8-14/h3-6,14-15H,1-2,7-11H2,(H,18,19). The summed E-state index contributed by atoms with van der Waals surface area (Å²) >= 11 is 0. The number of carbonyl (C=O) groups is 1. The van der Waals surface area contributed by atoms with E-state index in [4.69, 9.17) is 5.11 Å². The molecule has 1 unspecified atom stereocenters. The third-order valence-electron chi connectivity index (χ3n) is 4.32. The Balaban J connectivity index is 1.61. The Kier molecular flexibility index (Phi) is 3.56. The molecule has 1 aliphatic heterocycles. The Hall–Kier alpha value is -1.35. The maximum Gasteiger partial charge on any atom is 0.304 e. The predicted octanol–water partition coefficient (Wildman–Crippen LogP) is 3.00. The largest absolute Gasteiger partial charge is 0.481 e. The molecule has 1 saturated heterocycles. The Morgan fingerprint density at radius 3 is 2.58 bits per heavy atom. The Labute approximate surface area is 114 Å². The predicted molar refractivity (Wildman–Crippen MR) is 74.1 cm³/mol. The van der Waals surface area contributed by atoms with Crippen molar-refractivity contribution in [1.29, 1.82) is 0 Å². The first-order chi connectivity index (χ1) is 9.22. The molecule has 0 amide bonds. The molecule has 1 saturated carbocycles. The van der Waals surface area contributed by atoms with Crippen molar-refractivity contribution in [2.45, 2.75) is 50.6 Å². The zero-order valence-electron chi connectivity index (χ0n) is 11.2. The van der Waals surface area contributed by atoms with E-state index >= 15 is 0 Å². The van der Waals surface area contributed by atoms with Gasteiger partial charge in [0.25, 0.3) is 0 Å². The van der Waals surface area contributed by atoms with Gasteiger partial charge in [-0.2, -0.15) is 0 Å². The molecule has 19 heavy (non-hydrogen) atoms. The molecular weight excluding hydrogens is 238 g/mol. The SMILES string of the molecule is O=C(O)CC1CCCN1Cc1ccc(C2CC2)cc1. The number of likely N-dealkylation sites (tertiary alicyclic amines) is 1. The van der Waals surface area contributed by atoms with Crippen LogP contribution in [-0.2, 0) is 11.3 Å². The molecule has 3 heteroatoms. The third-order valence-corrected chi connectivity index (χ3v) is 4.32. The zero-order valence-corrected chi connectivity index (χ0v) is 11.2. The summed E-state index contributed by atoms with van der Waals surface area (Å²) in [5.41, 5.74) is 2.77. The molecule has 3 nitrogen and oxygen atoms in total. The molecule has 0 bridgehead atoms. The van der Waals surface area contributed by atoms with E-state index in [0.717, 1.165) is 31.8 Å². The zero-order chi connectivity index (χ0) is 13.2. The maximum absolute atomic E-state index is 10.9. The fourth-order valence-corrected chi connectivity index (χ4v) is 3.08. The molecule has 0 radical (unpaired) electrons. The number of rotatable bonds is 5. The molecule has 1 aromatic carbocycles. The lowest BCUT2D eigenvalue weighted by Crippen LogP contribution is -2.30. The van der Waals surface area contributed by atoms with Crippen LogP contribution in [0.1, 0.15) is 49.1 Å². The average Bonchev–Trinajstić information content (AvgIpc) is 3.14. The molecule has 0 aromatic heterocycles. The summed E-state index contributed by atoms with van der Waals surface area (Å²) in [7, 11) is 0. The average molecular weight is 259 g/mol. The van der Waals surface area contributed by atoms with E-state index in [2.05, 4.69) is 29.2 Å². The highest BCUT2D eigenvalue weighted by Gasteiger charge is 2.27. The van der Waals surface area contributed by atoms with Gasteiger partial charge in [-0.15, -0.1) is 0 Å². The van der Waals surface area contributed by atoms with Gasteiger partial charge in [-0.25, -0.2) is 0 Å². The van der Waals surface area contributed by atoms with Crippen molar-refractivity contribution >= 4 is 5.97 Å². The molecule has 1 N–H and O–H groups in total. The summed E-state index contributed by atoms with van der Waals surface area (Å²) in [4.78, 5) is 13.2. The minimum Gasteiger partial charge on any atom is -0.481 e. The first kappa shape index (κ1) is 12.7. The second kappa shape index (κ2) is 5.33. The Morgan fingerprint density at radius 2 is 1.95 bits per heavy atom. The van der Waals surface area contributed by atoms with Gasteiger partial charge in [-0.3, -0.25) is 9.69 Å². The summed E-state index contributed by atoms with van der Waals surface area (Å²) in [5.74, 6) is 0.126. The first-order valence-corrected chi connectivity index (χ1v) is 7.27. The monoisotopic (exact) mass is 259 g/mol. The van der Waals surface area contributed by atoms with Crippen LogP contribution in [0.15, 0.2) is 24.3 Å². The lowest BCUT2D eigenvalue weighted by Gasteiger charge is -2.23. The highest BCUT2D eigenvalue weighted by Crippen LogP contribution is 2.40. The summed E-state index contributed by atoms with van der Waals surface area (Å²) in [6, 6.07) is 9.14. The van der Waals surface area contributed by atoms with E-state index in [1.54, 1.807) is 0 Å². The Morgan fingerprint density at radius 1 is 1.21 bits per heavy atom. The molecule has 2 aliphatic rings. The van der Waals surface area contributed by atoms with Crippen LogP contribution in [0.25, 0.3) is 0 Å². The number of hydrogen-bond donors (Lipinski definition) is 1. The molecule has 102 valence electrons. The molecular formula is C16H21NO2. The van der Waals surface area contributed by atoms with Gasteiger partial charge in [0.2, 0.25) is 0 Å². The van der Waals surface area contributed by atoms with Crippen LogP contribution in [0.3, 0.4) is 0 Å². The third kappa shape index (κ3) is 3.16. The van der Waals surface area contributed by atoms with Gasteiger partial charge >= 0.3 is 5.97 Å². The van der Waals surface area contributed by atoms with Crippen LogP contribution >= 0.6 is 0 Å². The summed E-state index contributed by atoms with van der Waals surface area (Å²) in [5, 5.41) is 8.94. The van der Waals surface area contributed by atoms with Crippen molar-refractivity contribution in [3.8, 4) is 0 Å². The van der Waals surface area contributed by atoms with E-state index in [1.807, 2.05) is 0 Å². The number of aliphatic carboxylic acids is 1. The molecule has 3 rings (SSSR count). The second-order valence-corrected chi connectivity index (χ2v) is 5.88. The fourth-order valence-electron chi connectivity index (χ4n) is 3.08. The molecule has 1 heterocycles. The van der Waals surface area contributed by atoms with Gasteiger partial charge in [0.1, 0.15) is 0 Å².